The minimum absolute atomic E-state index is 0.117. The number of aromatic nitrogens is 1. The normalized spacial score (nSPS) is 10.8. The monoisotopic (exact) mass is 417 g/mol. The molecule has 0 aliphatic rings. The number of amides is 1. The van der Waals surface area contributed by atoms with Crippen LogP contribution in [0.15, 0.2) is 64.7 Å². The Bertz CT molecular complexity index is 1140. The van der Waals surface area contributed by atoms with Gasteiger partial charge in [0.25, 0.3) is 5.91 Å². The molecule has 0 bridgehead atoms. The number of nitrogens with one attached hydrogen (secondary N) is 1. The van der Waals surface area contributed by atoms with E-state index in [2.05, 4.69) is 10.5 Å². The van der Waals surface area contributed by atoms with Crippen molar-refractivity contribution in [2.75, 3.05) is 19.0 Å². The molecular weight excluding hydrogens is 398 g/mol. The highest BCUT2D eigenvalue weighted by Gasteiger charge is 2.15. The molecule has 3 aromatic rings. The summed E-state index contributed by atoms with van der Waals surface area (Å²) in [5.74, 6) is -0.771. The van der Waals surface area contributed by atoms with Crippen molar-refractivity contribution in [1.29, 1.82) is 5.26 Å². The Morgan fingerprint density at radius 3 is 2.52 bits per heavy atom. The molecule has 3 rings (SSSR count). The number of aryl methyl sites for hydroxylation is 1. The maximum Gasteiger partial charge on any atom is 0.349 e. The topological polar surface area (TPSA) is 114 Å². The molecule has 0 atom stereocenters. The molecule has 0 saturated carbocycles. The zero-order chi connectivity index (χ0) is 22.2. The van der Waals surface area contributed by atoms with Crippen LogP contribution in [-0.2, 0) is 14.3 Å². The van der Waals surface area contributed by atoms with Gasteiger partial charge in [-0.25, -0.2) is 4.79 Å². The quantitative estimate of drug-likeness (QED) is 0.354. The first kappa shape index (κ1) is 21.3. The second-order valence-corrected chi connectivity index (χ2v) is 6.51. The lowest BCUT2D eigenvalue weighted by Gasteiger charge is -2.04. The van der Waals surface area contributed by atoms with E-state index in [9.17, 15) is 14.9 Å². The lowest BCUT2D eigenvalue weighted by atomic mass is 10.1. The van der Waals surface area contributed by atoms with Crippen LogP contribution in [0.25, 0.3) is 17.3 Å². The SMILES string of the molecule is COc1ccc(/C=C(\C#N)C(=O)OCC(=O)Nc2cc(-c3ccc(C)cc3)no2)cc1. The number of hydrogen-bond acceptors (Lipinski definition) is 7. The van der Waals surface area contributed by atoms with Crippen LogP contribution in [0, 0.1) is 18.3 Å². The summed E-state index contributed by atoms with van der Waals surface area (Å²) in [7, 11) is 1.54. The number of carbonyl (C=O) groups is 2. The van der Waals surface area contributed by atoms with Crippen molar-refractivity contribution in [3.05, 3.63) is 71.3 Å². The molecule has 0 radical (unpaired) electrons. The summed E-state index contributed by atoms with van der Waals surface area (Å²) < 4.78 is 15.1. The fraction of sp³-hybridized carbons (Fsp3) is 0.130. The molecule has 0 unspecified atom stereocenters. The maximum absolute atomic E-state index is 12.1. The molecule has 0 saturated heterocycles. The van der Waals surface area contributed by atoms with E-state index in [1.54, 1.807) is 36.4 Å². The van der Waals surface area contributed by atoms with Crippen LogP contribution in [0.1, 0.15) is 11.1 Å². The third-order valence-electron chi connectivity index (χ3n) is 4.22. The summed E-state index contributed by atoms with van der Waals surface area (Å²) in [6.07, 6.45) is 1.37. The second-order valence-electron chi connectivity index (χ2n) is 6.51. The number of methoxy groups -OCH3 is 1. The zero-order valence-corrected chi connectivity index (χ0v) is 16.9. The maximum atomic E-state index is 12.1. The van der Waals surface area contributed by atoms with Gasteiger partial charge in [-0.3, -0.25) is 10.1 Å². The van der Waals surface area contributed by atoms with Crippen LogP contribution >= 0.6 is 0 Å². The average Bonchev–Trinajstić information content (AvgIpc) is 3.25. The molecule has 1 heterocycles. The van der Waals surface area contributed by atoms with Crippen molar-refractivity contribution >= 4 is 23.8 Å². The lowest BCUT2D eigenvalue weighted by molar-refractivity contribution is -0.142. The van der Waals surface area contributed by atoms with E-state index in [-0.39, 0.29) is 11.5 Å². The predicted molar refractivity (Wildman–Crippen MR) is 113 cm³/mol. The number of carbonyl (C=O) groups excluding carboxylic acids is 2. The summed E-state index contributed by atoms with van der Waals surface area (Å²) >= 11 is 0. The summed E-state index contributed by atoms with van der Waals surface area (Å²) in [5.41, 5.74) is 2.88. The number of hydrogen-bond donors (Lipinski definition) is 1. The van der Waals surface area contributed by atoms with Crippen LogP contribution < -0.4 is 10.1 Å². The van der Waals surface area contributed by atoms with Crippen molar-refractivity contribution in [2.24, 2.45) is 0 Å². The lowest BCUT2D eigenvalue weighted by Crippen LogP contribution is -2.21. The molecule has 2 aromatic carbocycles. The fourth-order valence-corrected chi connectivity index (χ4v) is 2.58. The van der Waals surface area contributed by atoms with Crippen LogP contribution in [0.3, 0.4) is 0 Å². The highest BCUT2D eigenvalue weighted by molar-refractivity contribution is 6.00. The molecule has 0 fully saturated rings. The van der Waals surface area contributed by atoms with Crippen molar-refractivity contribution in [2.45, 2.75) is 6.92 Å². The van der Waals surface area contributed by atoms with E-state index in [4.69, 9.17) is 14.0 Å². The Labute approximate surface area is 178 Å². The fourth-order valence-electron chi connectivity index (χ4n) is 2.58. The molecule has 8 heteroatoms. The minimum Gasteiger partial charge on any atom is -0.497 e. The second kappa shape index (κ2) is 9.89. The van der Waals surface area contributed by atoms with Gasteiger partial charge < -0.3 is 14.0 Å². The van der Waals surface area contributed by atoms with Crippen LogP contribution in [0.2, 0.25) is 0 Å². The first-order valence-corrected chi connectivity index (χ1v) is 9.25. The number of esters is 1. The Balaban J connectivity index is 1.56. The van der Waals surface area contributed by atoms with Crippen molar-refractivity contribution < 1.29 is 23.6 Å². The Kier molecular flexibility index (Phi) is 6.81. The summed E-state index contributed by atoms with van der Waals surface area (Å²) in [6.45, 7) is 1.39. The van der Waals surface area contributed by atoms with E-state index >= 15 is 0 Å². The molecule has 156 valence electrons. The van der Waals surface area contributed by atoms with Gasteiger partial charge in [-0.15, -0.1) is 0 Å². The third kappa shape index (κ3) is 5.81. The highest BCUT2D eigenvalue weighted by atomic mass is 16.5. The summed E-state index contributed by atoms with van der Waals surface area (Å²) in [6, 6.07) is 17.8. The van der Waals surface area contributed by atoms with E-state index < -0.39 is 18.5 Å². The first-order valence-electron chi connectivity index (χ1n) is 9.25. The standard InChI is InChI=1S/C23H19N3O5/c1-15-3-7-17(8-4-15)20-12-22(31-26-20)25-21(27)14-30-23(28)18(13-24)11-16-5-9-19(29-2)10-6-16/h3-12H,14H2,1-2H3,(H,25,27)/b18-11+. The van der Waals surface area contributed by atoms with Crippen molar-refractivity contribution in [1.82, 2.24) is 5.16 Å². The minimum atomic E-state index is -0.911. The summed E-state index contributed by atoms with van der Waals surface area (Å²) in [4.78, 5) is 24.2. The predicted octanol–water partition coefficient (Wildman–Crippen LogP) is 3.75. The van der Waals surface area contributed by atoms with Gasteiger partial charge in [0, 0.05) is 11.6 Å². The van der Waals surface area contributed by atoms with Gasteiger partial charge in [0.1, 0.15) is 23.1 Å². The first-order chi connectivity index (χ1) is 15.0. The van der Waals surface area contributed by atoms with E-state index in [0.717, 1.165) is 11.1 Å². The average molecular weight is 417 g/mol. The Hall–Kier alpha value is -4.38. The number of nitrogens with zero attached hydrogens (tertiary/aromatic N) is 2. The van der Waals surface area contributed by atoms with Crippen LogP contribution in [-0.4, -0.2) is 30.7 Å². The van der Waals surface area contributed by atoms with Gasteiger partial charge in [0.15, 0.2) is 6.61 Å². The van der Waals surface area contributed by atoms with Gasteiger partial charge in [-0.1, -0.05) is 47.1 Å². The van der Waals surface area contributed by atoms with E-state index in [1.807, 2.05) is 31.2 Å². The molecule has 1 amide bonds. The van der Waals surface area contributed by atoms with Gasteiger partial charge in [0.2, 0.25) is 5.88 Å². The van der Waals surface area contributed by atoms with Crippen LogP contribution in [0.5, 0.6) is 5.75 Å². The molecule has 0 spiro atoms. The number of benzene rings is 2. The van der Waals surface area contributed by atoms with Crippen molar-refractivity contribution in [3.63, 3.8) is 0 Å². The number of rotatable bonds is 7. The van der Waals surface area contributed by atoms with Gasteiger partial charge in [-0.05, 0) is 30.7 Å². The van der Waals surface area contributed by atoms with Gasteiger partial charge in [-0.2, -0.15) is 5.26 Å². The van der Waals surface area contributed by atoms with Gasteiger partial charge >= 0.3 is 5.97 Å². The van der Waals surface area contributed by atoms with Crippen LogP contribution in [0.4, 0.5) is 5.88 Å². The molecule has 31 heavy (non-hydrogen) atoms. The van der Waals surface area contributed by atoms with E-state index in [1.165, 1.54) is 13.2 Å². The molecule has 1 N–H and O–H groups in total. The largest absolute Gasteiger partial charge is 0.497 e. The number of ether oxygens (including phenoxy) is 2. The Morgan fingerprint density at radius 1 is 1.16 bits per heavy atom. The zero-order valence-electron chi connectivity index (χ0n) is 16.9. The molecule has 1 aromatic heterocycles. The molecule has 8 nitrogen and oxygen atoms in total. The number of nitriles is 1. The number of anilines is 1. The Morgan fingerprint density at radius 2 is 1.87 bits per heavy atom. The van der Waals surface area contributed by atoms with E-state index in [0.29, 0.717) is 17.0 Å². The smallest absolute Gasteiger partial charge is 0.349 e. The summed E-state index contributed by atoms with van der Waals surface area (Å²) in [5, 5.41) is 15.6. The molecular formula is C23H19N3O5. The molecule has 0 aliphatic heterocycles. The highest BCUT2D eigenvalue weighted by Crippen LogP contribution is 2.22. The third-order valence-corrected chi connectivity index (χ3v) is 4.22. The van der Waals surface area contributed by atoms with Gasteiger partial charge in [0.05, 0.1) is 7.11 Å². The van der Waals surface area contributed by atoms with Crippen molar-refractivity contribution in [3.8, 4) is 23.1 Å². The molecule has 0 aliphatic carbocycles.